The number of ketones is 1. The van der Waals surface area contributed by atoms with Crippen LogP contribution in [0.3, 0.4) is 0 Å². The van der Waals surface area contributed by atoms with E-state index in [9.17, 15) is 19.2 Å². The van der Waals surface area contributed by atoms with Crippen molar-refractivity contribution in [1.29, 1.82) is 0 Å². The van der Waals surface area contributed by atoms with Gasteiger partial charge in [0.2, 0.25) is 5.91 Å². The second kappa shape index (κ2) is 11.5. The van der Waals surface area contributed by atoms with Crippen LogP contribution in [0.1, 0.15) is 32.7 Å². The fourth-order valence-electron chi connectivity index (χ4n) is 3.95. The van der Waals surface area contributed by atoms with Crippen molar-refractivity contribution in [2.75, 3.05) is 25.7 Å². The number of rotatable bonds is 10. The SMILES string of the molecule is COc1ccc(C(=O)COC(=O)c2ccc(N3C(=O)CC(NCc4ccccc4)C3=O)cc2)cc1OC. The zero-order valence-corrected chi connectivity index (χ0v) is 20.4. The summed E-state index contributed by atoms with van der Waals surface area (Å²) in [6.07, 6.45) is 0.0493. The molecule has 1 aliphatic heterocycles. The van der Waals surface area contributed by atoms with Gasteiger partial charge in [-0.3, -0.25) is 14.4 Å². The molecule has 0 aromatic heterocycles. The number of imide groups is 1. The molecule has 1 unspecified atom stereocenters. The number of amides is 2. The van der Waals surface area contributed by atoms with Gasteiger partial charge in [-0.2, -0.15) is 0 Å². The minimum atomic E-state index is -0.707. The minimum Gasteiger partial charge on any atom is -0.493 e. The van der Waals surface area contributed by atoms with Gasteiger partial charge in [-0.15, -0.1) is 0 Å². The first-order valence-electron chi connectivity index (χ1n) is 11.6. The Kier molecular flexibility index (Phi) is 7.95. The van der Waals surface area contributed by atoms with E-state index in [4.69, 9.17) is 14.2 Å². The second-order valence-electron chi connectivity index (χ2n) is 8.31. The van der Waals surface area contributed by atoms with Crippen LogP contribution in [0.2, 0.25) is 0 Å². The van der Waals surface area contributed by atoms with Crippen LogP contribution in [0, 0.1) is 0 Å². The fraction of sp³-hybridized carbons (Fsp3) is 0.214. The van der Waals surface area contributed by atoms with Crippen molar-refractivity contribution < 1.29 is 33.4 Å². The predicted molar refractivity (Wildman–Crippen MR) is 135 cm³/mol. The Bertz CT molecular complexity index is 1310. The van der Waals surface area contributed by atoms with E-state index in [0.29, 0.717) is 29.3 Å². The van der Waals surface area contributed by atoms with E-state index in [-0.39, 0.29) is 23.8 Å². The van der Waals surface area contributed by atoms with Gasteiger partial charge in [0.05, 0.1) is 37.9 Å². The summed E-state index contributed by atoms with van der Waals surface area (Å²) in [6, 6.07) is 19.5. The molecule has 0 spiro atoms. The van der Waals surface area contributed by atoms with Gasteiger partial charge in [0.1, 0.15) is 0 Å². The van der Waals surface area contributed by atoms with Crippen molar-refractivity contribution in [3.63, 3.8) is 0 Å². The summed E-state index contributed by atoms with van der Waals surface area (Å²) in [5.41, 5.74) is 1.86. The smallest absolute Gasteiger partial charge is 0.338 e. The first-order valence-corrected chi connectivity index (χ1v) is 11.6. The van der Waals surface area contributed by atoms with Crippen LogP contribution in [0.4, 0.5) is 5.69 Å². The number of hydrogen-bond acceptors (Lipinski definition) is 8. The molecule has 3 aromatic rings. The highest BCUT2D eigenvalue weighted by atomic mass is 16.5. The molecule has 0 saturated carbocycles. The van der Waals surface area contributed by atoms with Crippen molar-refractivity contribution in [3.8, 4) is 11.5 Å². The van der Waals surface area contributed by atoms with Crippen LogP contribution in [0.5, 0.6) is 11.5 Å². The average Bonchev–Trinajstić information content (AvgIpc) is 3.22. The number of carbonyl (C=O) groups is 4. The molecule has 0 radical (unpaired) electrons. The number of Topliss-reactive ketones (excluding diaryl/α,β-unsaturated/α-hetero) is 1. The van der Waals surface area contributed by atoms with Gasteiger partial charge < -0.3 is 19.5 Å². The zero-order valence-electron chi connectivity index (χ0n) is 20.4. The molecule has 1 saturated heterocycles. The number of nitrogens with zero attached hydrogens (tertiary/aromatic N) is 1. The number of nitrogens with one attached hydrogen (secondary N) is 1. The Morgan fingerprint density at radius 3 is 2.24 bits per heavy atom. The Labute approximate surface area is 213 Å². The largest absolute Gasteiger partial charge is 0.493 e. The number of hydrogen-bond donors (Lipinski definition) is 1. The lowest BCUT2D eigenvalue weighted by Crippen LogP contribution is -2.38. The molecule has 0 aliphatic carbocycles. The number of esters is 1. The van der Waals surface area contributed by atoms with Gasteiger partial charge in [-0.1, -0.05) is 30.3 Å². The number of carbonyl (C=O) groups excluding carboxylic acids is 4. The van der Waals surface area contributed by atoms with Gasteiger partial charge in [-0.25, -0.2) is 9.69 Å². The molecule has 1 aliphatic rings. The number of benzene rings is 3. The normalized spacial score (nSPS) is 15.0. The Morgan fingerprint density at radius 2 is 1.57 bits per heavy atom. The summed E-state index contributed by atoms with van der Waals surface area (Å²) in [6.45, 7) is -0.000892. The summed E-state index contributed by atoms with van der Waals surface area (Å²) in [7, 11) is 2.95. The lowest BCUT2D eigenvalue weighted by Gasteiger charge is -2.16. The molecular weight excluding hydrogens is 476 g/mol. The summed E-state index contributed by atoms with van der Waals surface area (Å²) < 4.78 is 15.5. The molecule has 190 valence electrons. The maximum absolute atomic E-state index is 12.9. The van der Waals surface area contributed by atoms with Crippen molar-refractivity contribution in [2.24, 2.45) is 0 Å². The maximum Gasteiger partial charge on any atom is 0.338 e. The highest BCUT2D eigenvalue weighted by molar-refractivity contribution is 6.22. The van der Waals surface area contributed by atoms with E-state index >= 15 is 0 Å². The quantitative estimate of drug-likeness (QED) is 0.256. The summed E-state index contributed by atoms with van der Waals surface area (Å²) in [5, 5.41) is 3.13. The Morgan fingerprint density at radius 1 is 0.892 bits per heavy atom. The molecule has 4 rings (SSSR count). The van der Waals surface area contributed by atoms with E-state index in [0.717, 1.165) is 10.5 Å². The summed E-state index contributed by atoms with van der Waals surface area (Å²) in [5.74, 6) is -0.929. The summed E-state index contributed by atoms with van der Waals surface area (Å²) >= 11 is 0. The van der Waals surface area contributed by atoms with Crippen LogP contribution in [0.15, 0.2) is 72.8 Å². The molecule has 37 heavy (non-hydrogen) atoms. The topological polar surface area (TPSA) is 111 Å². The van der Waals surface area contributed by atoms with Gasteiger partial charge in [0.15, 0.2) is 23.9 Å². The first-order chi connectivity index (χ1) is 17.9. The molecule has 1 heterocycles. The molecule has 2 amide bonds. The third-order valence-corrected chi connectivity index (χ3v) is 5.94. The monoisotopic (exact) mass is 502 g/mol. The lowest BCUT2D eigenvalue weighted by atomic mass is 10.1. The molecule has 9 heteroatoms. The van der Waals surface area contributed by atoms with E-state index < -0.39 is 24.4 Å². The van der Waals surface area contributed by atoms with Crippen molar-refractivity contribution in [2.45, 2.75) is 19.0 Å². The van der Waals surface area contributed by atoms with Gasteiger partial charge in [0, 0.05) is 12.1 Å². The standard InChI is InChI=1S/C28H26N2O7/c1-35-24-13-10-20(14-25(24)36-2)23(31)17-37-28(34)19-8-11-21(12-9-19)30-26(32)15-22(27(30)33)29-16-18-6-4-3-5-7-18/h3-14,22,29H,15-17H2,1-2H3. The zero-order chi connectivity index (χ0) is 26.4. The molecule has 1 atom stereocenters. The second-order valence-corrected chi connectivity index (χ2v) is 8.31. The van der Waals surface area contributed by atoms with Crippen molar-refractivity contribution in [1.82, 2.24) is 5.32 Å². The van der Waals surface area contributed by atoms with Crippen LogP contribution >= 0.6 is 0 Å². The Hall–Kier alpha value is -4.50. The molecule has 9 nitrogen and oxygen atoms in total. The van der Waals surface area contributed by atoms with Crippen LogP contribution in [-0.2, 0) is 20.9 Å². The van der Waals surface area contributed by atoms with Crippen LogP contribution in [-0.4, -0.2) is 50.4 Å². The van der Waals surface area contributed by atoms with E-state index in [2.05, 4.69) is 5.32 Å². The van der Waals surface area contributed by atoms with Crippen LogP contribution in [0.25, 0.3) is 0 Å². The Balaban J connectivity index is 1.34. The molecular formula is C28H26N2O7. The van der Waals surface area contributed by atoms with E-state index in [1.807, 2.05) is 30.3 Å². The molecule has 0 bridgehead atoms. The maximum atomic E-state index is 12.9. The van der Waals surface area contributed by atoms with E-state index in [1.165, 1.54) is 44.6 Å². The molecule has 3 aromatic carbocycles. The molecule has 1 N–H and O–H groups in total. The highest BCUT2D eigenvalue weighted by Crippen LogP contribution is 2.28. The number of ether oxygens (including phenoxy) is 3. The lowest BCUT2D eigenvalue weighted by molar-refractivity contribution is -0.121. The third kappa shape index (κ3) is 5.84. The van der Waals surface area contributed by atoms with Gasteiger partial charge in [-0.05, 0) is 48.0 Å². The fourth-order valence-corrected chi connectivity index (χ4v) is 3.95. The molecule has 1 fully saturated rings. The van der Waals surface area contributed by atoms with Gasteiger partial charge in [0.25, 0.3) is 5.91 Å². The predicted octanol–water partition coefficient (Wildman–Crippen LogP) is 3.17. The first kappa shape index (κ1) is 25.6. The number of methoxy groups -OCH3 is 2. The average molecular weight is 503 g/mol. The van der Waals surface area contributed by atoms with Crippen LogP contribution < -0.4 is 19.7 Å². The minimum absolute atomic E-state index is 0.0493. The van der Waals surface area contributed by atoms with Crippen molar-refractivity contribution >= 4 is 29.3 Å². The highest BCUT2D eigenvalue weighted by Gasteiger charge is 2.39. The van der Waals surface area contributed by atoms with E-state index in [1.54, 1.807) is 12.1 Å². The third-order valence-electron chi connectivity index (χ3n) is 5.94. The van der Waals surface area contributed by atoms with Gasteiger partial charge >= 0.3 is 5.97 Å². The van der Waals surface area contributed by atoms with Crippen molar-refractivity contribution in [3.05, 3.63) is 89.5 Å². The number of anilines is 1. The summed E-state index contributed by atoms with van der Waals surface area (Å²) in [4.78, 5) is 51.4.